The van der Waals surface area contributed by atoms with Gasteiger partial charge in [-0.2, -0.15) is 0 Å². The second-order valence-corrected chi connectivity index (χ2v) is 15.9. The van der Waals surface area contributed by atoms with Crippen LogP contribution in [0.2, 0.25) is 21.7 Å². The number of likely N-dealkylation sites (tertiary alicyclic amines) is 1. The third kappa shape index (κ3) is 6.39. The number of ether oxygens (including phenoxy) is 2. The van der Waals surface area contributed by atoms with Gasteiger partial charge in [-0.1, -0.05) is 11.6 Å². The molecular weight excluding hydrogens is 585 g/mol. The minimum atomic E-state index is -1.03. The van der Waals surface area contributed by atoms with Gasteiger partial charge in [0.15, 0.2) is 0 Å². The molecule has 1 N–H and O–H groups in total. The molecule has 1 atom stereocenters. The number of halogens is 1. The van der Waals surface area contributed by atoms with E-state index in [9.17, 15) is 4.79 Å². The van der Waals surface area contributed by atoms with Crippen molar-refractivity contribution < 1.29 is 14.3 Å². The summed E-state index contributed by atoms with van der Waals surface area (Å²) in [7, 11) is 0. The number of aromatic nitrogens is 3. The van der Waals surface area contributed by atoms with Crippen LogP contribution < -0.4 is 14.8 Å². The summed E-state index contributed by atoms with van der Waals surface area (Å²) in [6, 6.07) is 11.4. The van der Waals surface area contributed by atoms with Crippen molar-refractivity contribution in [1.29, 1.82) is 0 Å². The number of nitrogens with zero attached hydrogens (tertiary/aromatic N) is 4. The molecule has 38 heavy (non-hydrogen) atoms. The summed E-state index contributed by atoms with van der Waals surface area (Å²) in [5.41, 5.74) is 7.73. The summed E-state index contributed by atoms with van der Waals surface area (Å²) in [6.45, 7) is 1.67. The van der Waals surface area contributed by atoms with E-state index in [2.05, 4.69) is 31.7 Å². The molecule has 5 rings (SSSR count). The Morgan fingerprint density at radius 3 is 2.89 bits per heavy atom. The Morgan fingerprint density at radius 2 is 2.11 bits per heavy atom. The molecule has 8 nitrogen and oxygen atoms in total. The molecule has 1 fully saturated rings. The van der Waals surface area contributed by atoms with Gasteiger partial charge in [0.1, 0.15) is 12.4 Å². The Hall–Kier alpha value is -2.87. The van der Waals surface area contributed by atoms with Crippen molar-refractivity contribution in [2.75, 3.05) is 18.5 Å². The van der Waals surface area contributed by atoms with Gasteiger partial charge >= 0.3 is 164 Å². The van der Waals surface area contributed by atoms with Gasteiger partial charge in [0, 0.05) is 6.20 Å². The van der Waals surface area contributed by atoms with E-state index >= 15 is 0 Å². The Kier molecular flexibility index (Phi) is 8.67. The number of carbonyl (C=O) groups is 1. The molecule has 1 aliphatic rings. The van der Waals surface area contributed by atoms with E-state index in [1.54, 1.807) is 17.8 Å². The first-order valence-corrected chi connectivity index (χ1v) is 18.7. The van der Waals surface area contributed by atoms with Gasteiger partial charge < -0.3 is 4.74 Å². The molecule has 2 aromatic heterocycles. The van der Waals surface area contributed by atoms with Crippen LogP contribution >= 0.6 is 22.9 Å². The van der Waals surface area contributed by atoms with Crippen molar-refractivity contribution in [2.45, 2.75) is 42.1 Å². The Balaban J connectivity index is 1.32. The van der Waals surface area contributed by atoms with E-state index in [-0.39, 0.29) is 11.9 Å². The number of benzene rings is 2. The molecule has 0 radical (unpaired) electrons. The first-order chi connectivity index (χ1) is 18.5. The molecule has 2 aromatic carbocycles. The van der Waals surface area contributed by atoms with Gasteiger partial charge in [-0.25, -0.2) is 0 Å². The summed E-state index contributed by atoms with van der Waals surface area (Å²) in [6.07, 6.45) is 5.27. The molecule has 0 spiro atoms. The van der Waals surface area contributed by atoms with Crippen LogP contribution in [0.4, 0.5) is 11.5 Å². The molecule has 198 valence electrons. The normalized spacial score (nSPS) is 15.3. The maximum atomic E-state index is 12.8. The molecule has 1 aliphatic heterocycles. The molecule has 0 bridgehead atoms. The molecule has 4 aromatic rings. The quantitative estimate of drug-likeness (QED) is 0.214. The fourth-order valence-corrected chi connectivity index (χ4v) is 6.73. The Labute approximate surface area is 235 Å². The summed E-state index contributed by atoms with van der Waals surface area (Å²) in [4.78, 5) is 28.8. The second kappa shape index (κ2) is 12.3. The molecule has 0 saturated carbocycles. The zero-order chi connectivity index (χ0) is 26.5. The van der Waals surface area contributed by atoms with E-state index in [0.717, 1.165) is 40.9 Å². The number of rotatable bonds is 10. The van der Waals surface area contributed by atoms with Crippen molar-refractivity contribution in [1.82, 2.24) is 19.9 Å². The van der Waals surface area contributed by atoms with Gasteiger partial charge in [-0.05, 0) is 6.07 Å². The molecule has 1 amide bonds. The first-order valence-electron chi connectivity index (χ1n) is 12.4. The van der Waals surface area contributed by atoms with Crippen LogP contribution in [-0.4, -0.2) is 59.6 Å². The standard InChI is InChI=1S/C27H29AsClN5O3S/c1-28(2)12-25(35)34-10-4-5-19(34)14-36-24-7-3-6-22-26(24)27(32-16-31-22)33-18-8-9-23(21(29)11-18)37-15-20-13-30-17-38-20/h3,6-9,11,13,16-17,19H,4-5,10,12,14-15H2,1-2H3,(H,31,32,33)/t19-/m1/s1. The van der Waals surface area contributed by atoms with Crippen LogP contribution in [0.3, 0.4) is 0 Å². The van der Waals surface area contributed by atoms with Crippen LogP contribution in [0, 0.1) is 0 Å². The van der Waals surface area contributed by atoms with Crippen molar-refractivity contribution in [3.8, 4) is 11.5 Å². The predicted molar refractivity (Wildman–Crippen MR) is 153 cm³/mol. The summed E-state index contributed by atoms with van der Waals surface area (Å²) >= 11 is 7.02. The number of hydrogen-bond acceptors (Lipinski definition) is 8. The number of hydrogen-bond donors (Lipinski definition) is 1. The van der Waals surface area contributed by atoms with Crippen molar-refractivity contribution in [3.63, 3.8) is 0 Å². The average molecular weight is 614 g/mol. The third-order valence-corrected chi connectivity index (χ3v) is 9.20. The van der Waals surface area contributed by atoms with Gasteiger partial charge in [-0.15, -0.1) is 11.3 Å². The monoisotopic (exact) mass is 613 g/mol. The van der Waals surface area contributed by atoms with Gasteiger partial charge in [0.25, 0.3) is 0 Å². The maximum absolute atomic E-state index is 12.8. The van der Waals surface area contributed by atoms with E-state index in [0.29, 0.717) is 40.8 Å². The number of carbonyl (C=O) groups excluding carboxylic acids is 1. The first kappa shape index (κ1) is 26.7. The van der Waals surface area contributed by atoms with Crippen LogP contribution in [0.1, 0.15) is 17.7 Å². The van der Waals surface area contributed by atoms with E-state index in [4.69, 9.17) is 21.1 Å². The molecule has 0 aliphatic carbocycles. The van der Waals surface area contributed by atoms with Crippen LogP contribution in [0.5, 0.6) is 11.5 Å². The van der Waals surface area contributed by atoms with Crippen molar-refractivity contribution >= 4 is 65.9 Å². The average Bonchev–Trinajstić information content (AvgIpc) is 3.59. The fraction of sp³-hybridized carbons (Fsp3) is 0.333. The summed E-state index contributed by atoms with van der Waals surface area (Å²) < 4.78 is 12.2. The summed E-state index contributed by atoms with van der Waals surface area (Å²) in [5.74, 6) is 2.16. The van der Waals surface area contributed by atoms with Gasteiger partial charge in [0.2, 0.25) is 0 Å². The SMILES string of the molecule is C[As](C)CC(=O)N1CCC[C@@H]1COc1cccc2ncnc(Nc3ccc(OCc4cncs4)c(Cl)c3)c12. The minimum absolute atomic E-state index is 0.0871. The van der Waals surface area contributed by atoms with Crippen LogP contribution in [0.25, 0.3) is 10.9 Å². The van der Waals surface area contributed by atoms with Crippen molar-refractivity contribution in [3.05, 3.63) is 64.3 Å². The number of amides is 1. The van der Waals surface area contributed by atoms with E-state index in [1.807, 2.05) is 35.2 Å². The predicted octanol–water partition coefficient (Wildman–Crippen LogP) is 6.19. The van der Waals surface area contributed by atoms with E-state index < -0.39 is 14.7 Å². The number of anilines is 2. The third-order valence-electron chi connectivity index (χ3n) is 6.25. The number of nitrogens with one attached hydrogen (secondary N) is 1. The molecule has 11 heteroatoms. The fourth-order valence-electron chi connectivity index (χ4n) is 4.47. The topological polar surface area (TPSA) is 89.5 Å². The zero-order valence-electron chi connectivity index (χ0n) is 21.3. The number of fused-ring (bicyclic) bond motifs is 1. The zero-order valence-corrected chi connectivity index (χ0v) is 24.7. The van der Waals surface area contributed by atoms with Crippen molar-refractivity contribution in [2.24, 2.45) is 0 Å². The Morgan fingerprint density at radius 1 is 1.21 bits per heavy atom. The molecular formula is C27H29AsClN5O3S. The van der Waals surface area contributed by atoms with Gasteiger partial charge in [0.05, 0.1) is 15.4 Å². The van der Waals surface area contributed by atoms with Crippen LogP contribution in [0.15, 0.2) is 54.4 Å². The van der Waals surface area contributed by atoms with Crippen LogP contribution in [-0.2, 0) is 11.4 Å². The summed E-state index contributed by atoms with van der Waals surface area (Å²) in [5, 5.41) is 5.34. The second-order valence-electron chi connectivity index (χ2n) is 9.33. The molecule has 1 saturated heterocycles. The molecule has 0 unspecified atom stereocenters. The molecule has 3 heterocycles. The Bertz CT molecular complexity index is 1400. The van der Waals surface area contributed by atoms with Gasteiger partial charge in [-0.3, -0.25) is 4.98 Å². The number of thiazole rings is 1. The van der Waals surface area contributed by atoms with E-state index in [1.165, 1.54) is 17.7 Å².